The minimum Gasteiger partial charge on any atom is -0.481 e. The molecule has 0 saturated carbocycles. The third-order valence-corrected chi connectivity index (χ3v) is 1.81. The molecule has 0 aliphatic carbocycles. The standard InChI is InChI=1S/C11H21NO4/c1-9(2)8-16-7-6-12-10(13)4-3-5-11(14)15/h9H,3-8H2,1-2H3,(H,12,13)(H,14,15). The van der Waals surface area contributed by atoms with E-state index in [0.717, 1.165) is 0 Å². The molecule has 1 amide bonds. The van der Waals surface area contributed by atoms with Gasteiger partial charge in [-0.2, -0.15) is 0 Å². The van der Waals surface area contributed by atoms with Crippen molar-refractivity contribution in [2.24, 2.45) is 5.92 Å². The Bertz CT molecular complexity index is 216. The third-order valence-electron chi connectivity index (χ3n) is 1.81. The Morgan fingerprint density at radius 1 is 1.31 bits per heavy atom. The summed E-state index contributed by atoms with van der Waals surface area (Å²) in [5, 5.41) is 11.0. The van der Waals surface area contributed by atoms with E-state index >= 15 is 0 Å². The van der Waals surface area contributed by atoms with Gasteiger partial charge < -0.3 is 15.2 Å². The number of nitrogens with one attached hydrogen (secondary N) is 1. The second-order valence-electron chi connectivity index (χ2n) is 4.07. The van der Waals surface area contributed by atoms with Gasteiger partial charge in [0, 0.05) is 26.0 Å². The summed E-state index contributed by atoms with van der Waals surface area (Å²) in [6, 6.07) is 0. The van der Waals surface area contributed by atoms with E-state index in [1.165, 1.54) is 0 Å². The maximum atomic E-state index is 11.2. The van der Waals surface area contributed by atoms with Crippen LogP contribution in [0.1, 0.15) is 33.1 Å². The fourth-order valence-corrected chi connectivity index (χ4v) is 1.07. The van der Waals surface area contributed by atoms with E-state index in [2.05, 4.69) is 19.2 Å². The molecule has 0 radical (unpaired) electrons. The maximum Gasteiger partial charge on any atom is 0.303 e. The van der Waals surface area contributed by atoms with Gasteiger partial charge in [-0.25, -0.2) is 0 Å². The summed E-state index contributed by atoms with van der Waals surface area (Å²) in [7, 11) is 0. The zero-order valence-electron chi connectivity index (χ0n) is 9.99. The highest BCUT2D eigenvalue weighted by atomic mass is 16.5. The van der Waals surface area contributed by atoms with Crippen molar-refractivity contribution in [1.82, 2.24) is 5.32 Å². The van der Waals surface area contributed by atoms with E-state index in [4.69, 9.17) is 9.84 Å². The van der Waals surface area contributed by atoms with Crippen LogP contribution in [0, 0.1) is 5.92 Å². The molecule has 0 atom stereocenters. The van der Waals surface area contributed by atoms with E-state index in [1.54, 1.807) is 0 Å². The lowest BCUT2D eigenvalue weighted by molar-refractivity contribution is -0.137. The Balaban J connectivity index is 3.27. The van der Waals surface area contributed by atoms with Crippen LogP contribution < -0.4 is 5.32 Å². The summed E-state index contributed by atoms with van der Waals surface area (Å²) in [6.07, 6.45) is 0.682. The monoisotopic (exact) mass is 231 g/mol. The lowest BCUT2D eigenvalue weighted by Crippen LogP contribution is -2.27. The lowest BCUT2D eigenvalue weighted by Gasteiger charge is -2.07. The molecule has 0 bridgehead atoms. The van der Waals surface area contributed by atoms with Crippen molar-refractivity contribution in [3.8, 4) is 0 Å². The fourth-order valence-electron chi connectivity index (χ4n) is 1.07. The van der Waals surface area contributed by atoms with Gasteiger partial charge in [0.2, 0.25) is 5.91 Å². The molecule has 0 unspecified atom stereocenters. The van der Waals surface area contributed by atoms with Gasteiger partial charge in [-0.05, 0) is 12.3 Å². The van der Waals surface area contributed by atoms with Gasteiger partial charge in [-0.15, -0.1) is 0 Å². The van der Waals surface area contributed by atoms with Crippen molar-refractivity contribution in [1.29, 1.82) is 0 Å². The summed E-state index contributed by atoms with van der Waals surface area (Å²) in [4.78, 5) is 21.4. The number of carbonyl (C=O) groups is 2. The van der Waals surface area contributed by atoms with Crippen molar-refractivity contribution < 1.29 is 19.4 Å². The number of ether oxygens (including phenoxy) is 1. The molecule has 0 spiro atoms. The van der Waals surface area contributed by atoms with Crippen LogP contribution in [0.15, 0.2) is 0 Å². The summed E-state index contributed by atoms with van der Waals surface area (Å²) in [5.74, 6) is -0.492. The number of hydrogen-bond acceptors (Lipinski definition) is 3. The average Bonchev–Trinajstić information content (AvgIpc) is 2.16. The number of aliphatic carboxylic acids is 1. The average molecular weight is 231 g/mol. The molecule has 0 aliphatic rings. The van der Waals surface area contributed by atoms with Gasteiger partial charge >= 0.3 is 5.97 Å². The van der Waals surface area contributed by atoms with Crippen LogP contribution in [0.2, 0.25) is 0 Å². The quantitative estimate of drug-likeness (QED) is 0.581. The van der Waals surface area contributed by atoms with E-state index in [1.807, 2.05) is 0 Å². The highest BCUT2D eigenvalue weighted by Crippen LogP contribution is 1.95. The van der Waals surface area contributed by atoms with Crippen LogP contribution in [0.25, 0.3) is 0 Å². The van der Waals surface area contributed by atoms with Gasteiger partial charge in [0.1, 0.15) is 0 Å². The molecular formula is C11H21NO4. The molecular weight excluding hydrogens is 210 g/mol. The zero-order valence-corrected chi connectivity index (χ0v) is 9.99. The van der Waals surface area contributed by atoms with Crippen LogP contribution in [0.4, 0.5) is 0 Å². The first-order chi connectivity index (χ1) is 7.52. The number of carbonyl (C=O) groups excluding carboxylic acids is 1. The minimum absolute atomic E-state index is 0.0390. The number of amides is 1. The van der Waals surface area contributed by atoms with E-state index in [0.29, 0.717) is 32.1 Å². The SMILES string of the molecule is CC(C)COCCNC(=O)CCCC(=O)O. The first kappa shape index (κ1) is 14.9. The molecule has 0 aromatic heterocycles. The molecule has 2 N–H and O–H groups in total. The second-order valence-corrected chi connectivity index (χ2v) is 4.07. The van der Waals surface area contributed by atoms with Crippen LogP contribution in [0.3, 0.4) is 0 Å². The smallest absolute Gasteiger partial charge is 0.303 e. The van der Waals surface area contributed by atoms with E-state index in [-0.39, 0.29) is 18.7 Å². The van der Waals surface area contributed by atoms with Crippen molar-refractivity contribution in [2.45, 2.75) is 33.1 Å². The van der Waals surface area contributed by atoms with Crippen LogP contribution in [-0.2, 0) is 14.3 Å². The Labute approximate surface area is 96.2 Å². The molecule has 0 aliphatic heterocycles. The van der Waals surface area contributed by atoms with Crippen molar-refractivity contribution in [3.63, 3.8) is 0 Å². The van der Waals surface area contributed by atoms with Crippen molar-refractivity contribution >= 4 is 11.9 Å². The largest absolute Gasteiger partial charge is 0.481 e. The summed E-state index contributed by atoms with van der Waals surface area (Å²) < 4.78 is 5.28. The molecule has 0 saturated heterocycles. The molecule has 0 rings (SSSR count). The molecule has 5 heteroatoms. The molecule has 0 aromatic rings. The third kappa shape index (κ3) is 11.0. The second kappa shape index (κ2) is 9.15. The van der Waals surface area contributed by atoms with Crippen molar-refractivity contribution in [3.05, 3.63) is 0 Å². The molecule has 0 heterocycles. The lowest BCUT2D eigenvalue weighted by atomic mass is 10.2. The fraction of sp³-hybridized carbons (Fsp3) is 0.818. The molecule has 0 aromatic carbocycles. The summed E-state index contributed by atoms with van der Waals surface area (Å²) in [5.41, 5.74) is 0. The predicted molar refractivity (Wildman–Crippen MR) is 60.2 cm³/mol. The van der Waals surface area contributed by atoms with Gasteiger partial charge in [0.25, 0.3) is 0 Å². The van der Waals surface area contributed by atoms with Crippen LogP contribution >= 0.6 is 0 Å². The molecule has 5 nitrogen and oxygen atoms in total. The highest BCUT2D eigenvalue weighted by molar-refractivity contribution is 5.76. The normalized spacial score (nSPS) is 10.4. The van der Waals surface area contributed by atoms with Crippen LogP contribution in [0.5, 0.6) is 0 Å². The number of rotatable bonds is 9. The van der Waals surface area contributed by atoms with Gasteiger partial charge in [0.15, 0.2) is 0 Å². The van der Waals surface area contributed by atoms with Crippen molar-refractivity contribution in [2.75, 3.05) is 19.8 Å². The molecule has 94 valence electrons. The predicted octanol–water partition coefficient (Wildman–Crippen LogP) is 1.03. The molecule has 16 heavy (non-hydrogen) atoms. The number of carboxylic acids is 1. The van der Waals surface area contributed by atoms with E-state index in [9.17, 15) is 9.59 Å². The van der Waals surface area contributed by atoms with Gasteiger partial charge in [-0.3, -0.25) is 9.59 Å². The Kier molecular flexibility index (Phi) is 8.52. The summed E-state index contributed by atoms with van der Waals surface area (Å²) in [6.45, 7) is 5.80. The Hall–Kier alpha value is -1.10. The minimum atomic E-state index is -0.868. The van der Waals surface area contributed by atoms with E-state index < -0.39 is 5.97 Å². The zero-order chi connectivity index (χ0) is 12.4. The number of carboxylic acid groups (broad SMARTS) is 1. The van der Waals surface area contributed by atoms with Gasteiger partial charge in [-0.1, -0.05) is 13.8 Å². The van der Waals surface area contributed by atoms with Gasteiger partial charge in [0.05, 0.1) is 6.61 Å². The highest BCUT2D eigenvalue weighted by Gasteiger charge is 2.03. The Morgan fingerprint density at radius 3 is 2.56 bits per heavy atom. The summed E-state index contributed by atoms with van der Waals surface area (Å²) >= 11 is 0. The Morgan fingerprint density at radius 2 is 2.00 bits per heavy atom. The molecule has 0 fully saturated rings. The number of hydrogen-bond donors (Lipinski definition) is 2. The topological polar surface area (TPSA) is 75.6 Å². The first-order valence-electron chi connectivity index (χ1n) is 5.58. The van der Waals surface area contributed by atoms with Crippen LogP contribution in [-0.4, -0.2) is 36.7 Å². The maximum absolute atomic E-state index is 11.2. The first-order valence-corrected chi connectivity index (χ1v) is 5.58.